The highest BCUT2D eigenvalue weighted by Gasteiger charge is 2.50. The lowest BCUT2D eigenvalue weighted by atomic mass is 9.99. The first-order valence-electron chi connectivity index (χ1n) is 27.4. The molecule has 1 aliphatic heterocycles. The van der Waals surface area contributed by atoms with E-state index in [-0.39, 0.29) is 36.5 Å². The van der Waals surface area contributed by atoms with E-state index < -0.39 is 24.1 Å². The number of pyridine rings is 2. The first-order chi connectivity index (χ1) is 38.4. The lowest BCUT2D eigenvalue weighted by molar-refractivity contribution is 0.00331. The number of fused-ring (bicyclic) bond motifs is 2. The molecule has 2 fully saturated rings. The first-order valence-corrected chi connectivity index (χ1v) is 28.3. The zero-order chi connectivity index (χ0) is 55.8. The van der Waals surface area contributed by atoms with Crippen LogP contribution in [0.5, 0.6) is 0 Å². The number of rotatable bonds is 23. The summed E-state index contributed by atoms with van der Waals surface area (Å²) in [6, 6.07) is 16.7. The van der Waals surface area contributed by atoms with Crippen LogP contribution in [0, 0.1) is 17.8 Å². The Labute approximate surface area is 475 Å². The SMILES string of the molecule is CC(CCN(C)I)n1nc2c(n1)CC[C@H]1[C@@H](CC2)[C@H]1COC(=O)NCCOCCOCCNC(=O)c1ccc(C(c2cccc(C(=O)O)n2)N2CCOCCOCCN(Cc3cccc(C(=O)O)n3)CCOCCOCC2)cc1. The molecule has 1 saturated heterocycles. The number of aryl methyl sites for hydroxylation is 2. The van der Waals surface area contributed by atoms with E-state index in [2.05, 4.69) is 70.4 Å². The molecule has 24 heteroatoms. The number of hydrogen-bond donors (Lipinski definition) is 4. The van der Waals surface area contributed by atoms with Crippen molar-refractivity contribution in [3.63, 3.8) is 0 Å². The molecule has 0 radical (unpaired) electrons. The predicted molar refractivity (Wildman–Crippen MR) is 297 cm³/mol. The molecule has 3 aliphatic rings. The molecule has 0 spiro atoms. The molecule has 79 heavy (non-hydrogen) atoms. The van der Waals surface area contributed by atoms with E-state index in [1.54, 1.807) is 36.4 Å². The van der Waals surface area contributed by atoms with Crippen LogP contribution in [0.25, 0.3) is 0 Å². The molecule has 1 saturated carbocycles. The number of hydrogen-bond acceptors (Lipinski definition) is 18. The van der Waals surface area contributed by atoms with Crippen molar-refractivity contribution in [2.24, 2.45) is 17.8 Å². The number of benzene rings is 1. The normalized spacial score (nSPS) is 20.0. The van der Waals surface area contributed by atoms with E-state index in [9.17, 15) is 29.4 Å². The third-order valence-corrected chi connectivity index (χ3v) is 14.7. The number of carbonyl (C=O) groups excluding carboxylic acids is 2. The number of halogens is 1. The van der Waals surface area contributed by atoms with Gasteiger partial charge in [0.2, 0.25) is 0 Å². The van der Waals surface area contributed by atoms with Gasteiger partial charge in [0, 0.05) is 80.8 Å². The van der Waals surface area contributed by atoms with Crippen LogP contribution in [-0.4, -0.2) is 211 Å². The van der Waals surface area contributed by atoms with Gasteiger partial charge < -0.3 is 54.0 Å². The molecule has 4 N–H and O–H groups in total. The monoisotopic (exact) mass is 1210 g/mol. The third kappa shape index (κ3) is 20.3. The van der Waals surface area contributed by atoms with Gasteiger partial charge >= 0.3 is 18.0 Å². The maximum absolute atomic E-state index is 13.2. The van der Waals surface area contributed by atoms with Crippen LogP contribution in [0.1, 0.15) is 97.9 Å². The van der Waals surface area contributed by atoms with Crippen LogP contribution in [0.15, 0.2) is 60.7 Å². The van der Waals surface area contributed by atoms with Gasteiger partial charge in [0.25, 0.3) is 5.91 Å². The van der Waals surface area contributed by atoms with E-state index >= 15 is 0 Å². The van der Waals surface area contributed by atoms with Gasteiger partial charge in [-0.1, -0.05) is 24.3 Å². The Kier molecular flexibility index (Phi) is 25.5. The Balaban J connectivity index is 0.791. The van der Waals surface area contributed by atoms with Crippen molar-refractivity contribution in [1.29, 1.82) is 0 Å². The van der Waals surface area contributed by atoms with Crippen molar-refractivity contribution < 1.29 is 62.5 Å². The van der Waals surface area contributed by atoms with Crippen molar-refractivity contribution in [1.82, 2.24) is 48.5 Å². The summed E-state index contributed by atoms with van der Waals surface area (Å²) in [5, 5.41) is 34.6. The highest BCUT2D eigenvalue weighted by Crippen LogP contribution is 2.53. The molecular weight excluding hydrogens is 1140 g/mol. The largest absolute Gasteiger partial charge is 0.477 e. The van der Waals surface area contributed by atoms with Crippen molar-refractivity contribution in [2.45, 2.75) is 57.7 Å². The topological polar surface area (TPSA) is 264 Å². The fourth-order valence-corrected chi connectivity index (χ4v) is 10.1. The fourth-order valence-electron chi connectivity index (χ4n) is 9.85. The lowest BCUT2D eigenvalue weighted by Gasteiger charge is -2.32. The number of nitrogens with one attached hydrogen (secondary N) is 2. The van der Waals surface area contributed by atoms with Crippen molar-refractivity contribution in [3.8, 4) is 0 Å². The molecule has 23 nitrogen and oxygen atoms in total. The Bertz CT molecular complexity index is 2470. The van der Waals surface area contributed by atoms with Gasteiger partial charge in [-0.2, -0.15) is 15.0 Å². The second-order valence-corrected chi connectivity index (χ2v) is 21.5. The smallest absolute Gasteiger partial charge is 0.407 e. The average Bonchev–Trinajstić information content (AvgIpc) is 4.18. The van der Waals surface area contributed by atoms with E-state index in [1.807, 2.05) is 16.9 Å². The first kappa shape index (κ1) is 61.3. The average molecular weight is 1210 g/mol. The number of carbonyl (C=O) groups is 4. The predicted octanol–water partition coefficient (Wildman–Crippen LogP) is 4.60. The maximum atomic E-state index is 13.2. The number of amides is 2. The van der Waals surface area contributed by atoms with Crippen LogP contribution >= 0.6 is 22.9 Å². The van der Waals surface area contributed by atoms with Gasteiger partial charge in [-0.3, -0.25) is 17.7 Å². The summed E-state index contributed by atoms with van der Waals surface area (Å²) in [5.41, 5.74) is 4.49. The Hall–Kier alpha value is -5.29. The zero-order valence-electron chi connectivity index (χ0n) is 45.4. The third-order valence-electron chi connectivity index (χ3n) is 14.2. The Morgan fingerprint density at radius 2 is 1.28 bits per heavy atom. The minimum absolute atomic E-state index is 0.00799. The van der Waals surface area contributed by atoms with Gasteiger partial charge in [0.1, 0.15) is 11.4 Å². The van der Waals surface area contributed by atoms with Gasteiger partial charge in [-0.05, 0) is 106 Å². The summed E-state index contributed by atoms with van der Waals surface area (Å²) >= 11 is 2.30. The molecule has 0 bridgehead atoms. The quantitative estimate of drug-likeness (QED) is 0.0449. The maximum Gasteiger partial charge on any atom is 0.407 e. The van der Waals surface area contributed by atoms with Crippen LogP contribution in [0.2, 0.25) is 0 Å². The van der Waals surface area contributed by atoms with Crippen molar-refractivity contribution in [3.05, 3.63) is 106 Å². The molecule has 3 aromatic heterocycles. The van der Waals surface area contributed by atoms with Crippen molar-refractivity contribution in [2.75, 3.05) is 139 Å². The fraction of sp³-hybridized carbons (Fsp3) is 0.600. The highest BCUT2D eigenvalue weighted by molar-refractivity contribution is 14.1. The van der Waals surface area contributed by atoms with E-state index in [0.717, 1.165) is 55.6 Å². The number of alkyl carbamates (subject to hydrolysis) is 1. The zero-order valence-corrected chi connectivity index (χ0v) is 47.5. The van der Waals surface area contributed by atoms with Crippen LogP contribution in [-0.2, 0) is 52.5 Å². The summed E-state index contributed by atoms with van der Waals surface area (Å²) in [6.07, 6.45) is 4.44. The highest BCUT2D eigenvalue weighted by atomic mass is 127. The number of ether oxygens (including phenoxy) is 7. The molecule has 2 aliphatic carbocycles. The molecule has 432 valence electrons. The summed E-state index contributed by atoms with van der Waals surface area (Å²) in [6.45, 7) is 10.7. The second-order valence-electron chi connectivity index (χ2n) is 19.8. The number of carboxylic acids is 2. The minimum Gasteiger partial charge on any atom is -0.477 e. The number of nitrogens with zero attached hydrogens (tertiary/aromatic N) is 8. The summed E-state index contributed by atoms with van der Waals surface area (Å²) in [7, 11) is 2.07. The second kappa shape index (κ2) is 32.8. The van der Waals surface area contributed by atoms with Gasteiger partial charge in [0.05, 0.1) is 121 Å². The Morgan fingerprint density at radius 3 is 1.86 bits per heavy atom. The van der Waals surface area contributed by atoms with Gasteiger partial charge in [-0.25, -0.2) is 24.4 Å². The van der Waals surface area contributed by atoms with Crippen molar-refractivity contribution >= 4 is 46.8 Å². The molecule has 4 aromatic rings. The van der Waals surface area contributed by atoms with Crippen LogP contribution < -0.4 is 10.6 Å². The van der Waals surface area contributed by atoms with Crippen LogP contribution in [0.4, 0.5) is 4.79 Å². The summed E-state index contributed by atoms with van der Waals surface area (Å²) in [5.74, 6) is -1.04. The molecule has 2 amide bonds. The number of carboxylic acid groups (broad SMARTS) is 2. The summed E-state index contributed by atoms with van der Waals surface area (Å²) < 4.78 is 42.9. The molecule has 2 unspecified atom stereocenters. The molecular formula is C55H77IN10O13. The molecule has 1 aromatic carbocycles. The van der Waals surface area contributed by atoms with Gasteiger partial charge in [-0.15, -0.1) is 0 Å². The molecule has 5 atom stereocenters. The molecule has 4 heterocycles. The molecule has 7 rings (SSSR count). The number of aromatic carboxylic acids is 2. The van der Waals surface area contributed by atoms with Gasteiger partial charge in [0.15, 0.2) is 0 Å². The van der Waals surface area contributed by atoms with E-state index in [1.165, 1.54) is 12.1 Å². The lowest BCUT2D eigenvalue weighted by Crippen LogP contribution is -2.36. The van der Waals surface area contributed by atoms with Crippen LogP contribution in [0.3, 0.4) is 0 Å². The standard InChI is InChI=1S/C55H77IN10O13/c1-39(17-20-63(2)56)66-61-46-15-13-43-44(14-16-47(46)62-66)45(43)38-79-55(72)58-19-26-74-32-31-73-25-18-57-52(67)41-11-9-40(10-12-41)51(48-6-4-8-50(60-48)54(70)71)65-23-29-77-35-33-75-27-21-64(22-28-76-34-36-78-30-24-65)37-42-5-3-7-49(59-42)53(68)69/h3-12,39,43-45,51H,13-38H2,1-2H3,(H,57,67)(H,58,72)(H,68,69)(H,70,71)/t39?,43-,44+,45-,51?. The summed E-state index contributed by atoms with van der Waals surface area (Å²) in [4.78, 5) is 64.1. The van der Waals surface area contributed by atoms with E-state index in [4.69, 9.17) is 43.4 Å². The minimum atomic E-state index is -1.15. The number of aromatic nitrogens is 5. The Morgan fingerprint density at radius 1 is 0.722 bits per heavy atom. The van der Waals surface area contributed by atoms with E-state index in [0.29, 0.717) is 153 Å².